The van der Waals surface area contributed by atoms with Crippen molar-refractivity contribution in [2.75, 3.05) is 6.61 Å². The van der Waals surface area contributed by atoms with Gasteiger partial charge in [0.15, 0.2) is 12.4 Å². The van der Waals surface area contributed by atoms with E-state index in [0.717, 1.165) is 24.0 Å². The number of aryl methyl sites for hydroxylation is 1. The van der Waals surface area contributed by atoms with Gasteiger partial charge in [-0.1, -0.05) is 0 Å². The molecule has 0 saturated heterocycles. The first kappa shape index (κ1) is 14.1. The molecule has 4 nitrogen and oxygen atoms in total. The Balaban J connectivity index is 1.55. The van der Waals surface area contributed by atoms with Gasteiger partial charge in [0, 0.05) is 18.0 Å². The maximum absolute atomic E-state index is 11.8. The Bertz CT molecular complexity index is 563. The third-order valence-electron chi connectivity index (χ3n) is 4.31. The predicted molar refractivity (Wildman–Crippen MR) is 79.5 cm³/mol. The molecule has 0 radical (unpaired) electrons. The van der Waals surface area contributed by atoms with Crippen LogP contribution >= 0.6 is 0 Å². The van der Waals surface area contributed by atoms with Crippen LogP contribution in [0, 0.1) is 5.92 Å². The minimum absolute atomic E-state index is 0.0315. The molecule has 112 valence electrons. The molecule has 0 aliphatic heterocycles. The molecular weight excluding hydrogens is 266 g/mol. The summed E-state index contributed by atoms with van der Waals surface area (Å²) in [4.78, 5) is 23.6. The van der Waals surface area contributed by atoms with Crippen molar-refractivity contribution in [2.45, 2.75) is 45.1 Å². The molecule has 0 bridgehead atoms. The summed E-state index contributed by atoms with van der Waals surface area (Å²) >= 11 is 0. The summed E-state index contributed by atoms with van der Waals surface area (Å²) in [5.41, 5.74) is 1.84. The van der Waals surface area contributed by atoms with Gasteiger partial charge in [-0.3, -0.25) is 9.59 Å². The summed E-state index contributed by atoms with van der Waals surface area (Å²) in [6, 6.07) is 5.72. The molecule has 1 N–H and O–H groups in total. The number of nitrogens with one attached hydrogen (secondary N) is 1. The smallest absolute Gasteiger partial charge is 0.258 e. The van der Waals surface area contributed by atoms with Gasteiger partial charge in [-0.2, -0.15) is 0 Å². The first-order chi connectivity index (χ1) is 10.1. The monoisotopic (exact) mass is 287 g/mol. The quantitative estimate of drug-likeness (QED) is 0.905. The number of hydrogen-bond donors (Lipinski definition) is 1. The van der Waals surface area contributed by atoms with Crippen molar-refractivity contribution >= 4 is 11.7 Å². The van der Waals surface area contributed by atoms with Gasteiger partial charge in [-0.15, -0.1) is 0 Å². The third-order valence-corrected chi connectivity index (χ3v) is 4.31. The number of amides is 1. The average molecular weight is 287 g/mol. The highest BCUT2D eigenvalue weighted by Gasteiger charge is 2.28. The maximum atomic E-state index is 11.8. The van der Waals surface area contributed by atoms with E-state index in [-0.39, 0.29) is 24.3 Å². The Kier molecular flexibility index (Phi) is 3.95. The molecule has 1 atom stereocenters. The molecule has 1 amide bonds. The summed E-state index contributed by atoms with van der Waals surface area (Å²) in [5.74, 6) is 1.43. The molecule has 0 heterocycles. The van der Waals surface area contributed by atoms with Gasteiger partial charge in [-0.05, 0) is 62.3 Å². The Labute approximate surface area is 124 Å². The van der Waals surface area contributed by atoms with Crippen molar-refractivity contribution in [3.05, 3.63) is 29.3 Å². The van der Waals surface area contributed by atoms with E-state index in [1.807, 2.05) is 19.1 Å². The molecule has 21 heavy (non-hydrogen) atoms. The van der Waals surface area contributed by atoms with E-state index in [9.17, 15) is 9.59 Å². The van der Waals surface area contributed by atoms with E-state index in [1.165, 1.54) is 12.8 Å². The number of ether oxygens (including phenoxy) is 1. The van der Waals surface area contributed by atoms with E-state index in [1.54, 1.807) is 6.07 Å². The van der Waals surface area contributed by atoms with Gasteiger partial charge in [0.1, 0.15) is 5.75 Å². The highest BCUT2D eigenvalue weighted by Crippen LogP contribution is 2.32. The van der Waals surface area contributed by atoms with E-state index in [4.69, 9.17) is 4.74 Å². The summed E-state index contributed by atoms with van der Waals surface area (Å²) in [5, 5.41) is 2.96. The molecule has 2 aliphatic carbocycles. The van der Waals surface area contributed by atoms with Gasteiger partial charge in [0.2, 0.25) is 0 Å². The van der Waals surface area contributed by atoms with Gasteiger partial charge in [0.25, 0.3) is 5.91 Å². The zero-order chi connectivity index (χ0) is 14.8. The normalized spacial score (nSPS) is 18.8. The average Bonchev–Trinajstić information content (AvgIpc) is 3.30. The van der Waals surface area contributed by atoms with Crippen LogP contribution in [0.4, 0.5) is 0 Å². The van der Waals surface area contributed by atoms with Crippen LogP contribution in [0.5, 0.6) is 5.75 Å². The summed E-state index contributed by atoms with van der Waals surface area (Å²) in [6.45, 7) is 2.07. The van der Waals surface area contributed by atoms with Gasteiger partial charge < -0.3 is 10.1 Å². The Morgan fingerprint density at radius 2 is 2.19 bits per heavy atom. The van der Waals surface area contributed by atoms with Crippen molar-refractivity contribution in [3.63, 3.8) is 0 Å². The number of Topliss-reactive ketones (excluding diaryl/α,β-unsaturated/α-hetero) is 1. The minimum Gasteiger partial charge on any atom is -0.484 e. The number of carbonyl (C=O) groups is 2. The molecule has 1 saturated carbocycles. The van der Waals surface area contributed by atoms with Crippen LogP contribution in [-0.4, -0.2) is 24.3 Å². The number of fused-ring (bicyclic) bond motifs is 1. The fourth-order valence-electron chi connectivity index (χ4n) is 2.87. The zero-order valence-electron chi connectivity index (χ0n) is 12.4. The van der Waals surface area contributed by atoms with Crippen LogP contribution in [0.15, 0.2) is 18.2 Å². The van der Waals surface area contributed by atoms with Crippen LogP contribution in [0.2, 0.25) is 0 Å². The molecule has 1 aromatic carbocycles. The molecule has 0 aromatic heterocycles. The minimum atomic E-state index is -0.0804. The van der Waals surface area contributed by atoms with Gasteiger partial charge >= 0.3 is 0 Å². The topological polar surface area (TPSA) is 55.4 Å². The van der Waals surface area contributed by atoms with Crippen molar-refractivity contribution in [2.24, 2.45) is 5.92 Å². The molecule has 1 aromatic rings. The summed E-state index contributed by atoms with van der Waals surface area (Å²) in [6.07, 6.45) is 4.86. The van der Waals surface area contributed by atoms with Crippen molar-refractivity contribution in [1.82, 2.24) is 5.32 Å². The molecule has 4 heteroatoms. The van der Waals surface area contributed by atoms with E-state index in [0.29, 0.717) is 18.1 Å². The number of benzene rings is 1. The lowest BCUT2D eigenvalue weighted by Crippen LogP contribution is -2.37. The van der Waals surface area contributed by atoms with Crippen LogP contribution in [0.1, 0.15) is 48.5 Å². The van der Waals surface area contributed by atoms with Crippen LogP contribution < -0.4 is 10.1 Å². The molecule has 0 spiro atoms. The SMILES string of the molecule is CC(NC(=O)COc1ccc2c(c1)CCCC2=O)C1CC1. The lowest BCUT2D eigenvalue weighted by molar-refractivity contribution is -0.123. The highest BCUT2D eigenvalue weighted by atomic mass is 16.5. The first-order valence-electron chi connectivity index (χ1n) is 7.72. The standard InChI is InChI=1S/C17H21NO3/c1-11(12-5-6-12)18-17(20)10-21-14-7-8-15-13(9-14)3-2-4-16(15)19/h7-9,11-12H,2-6,10H2,1H3,(H,18,20). The first-order valence-corrected chi connectivity index (χ1v) is 7.72. The third kappa shape index (κ3) is 3.43. The predicted octanol–water partition coefficient (Wildman–Crippen LogP) is 2.50. The molecule has 2 aliphatic rings. The molecule has 1 fully saturated rings. The second-order valence-corrected chi connectivity index (χ2v) is 6.08. The number of carbonyl (C=O) groups excluding carboxylic acids is 2. The lowest BCUT2D eigenvalue weighted by atomic mass is 9.91. The zero-order valence-corrected chi connectivity index (χ0v) is 12.4. The Morgan fingerprint density at radius 1 is 1.38 bits per heavy atom. The lowest BCUT2D eigenvalue weighted by Gasteiger charge is -2.16. The fraction of sp³-hybridized carbons (Fsp3) is 0.529. The largest absolute Gasteiger partial charge is 0.484 e. The second kappa shape index (κ2) is 5.88. The fourth-order valence-corrected chi connectivity index (χ4v) is 2.87. The van der Waals surface area contributed by atoms with Gasteiger partial charge in [-0.25, -0.2) is 0 Å². The van der Waals surface area contributed by atoms with Crippen LogP contribution in [0.3, 0.4) is 0 Å². The molecule has 3 rings (SSSR count). The van der Waals surface area contributed by atoms with Crippen molar-refractivity contribution in [1.29, 1.82) is 0 Å². The summed E-state index contributed by atoms with van der Waals surface area (Å²) in [7, 11) is 0. The second-order valence-electron chi connectivity index (χ2n) is 6.08. The van der Waals surface area contributed by atoms with Crippen molar-refractivity contribution in [3.8, 4) is 5.75 Å². The number of hydrogen-bond acceptors (Lipinski definition) is 3. The van der Waals surface area contributed by atoms with E-state index >= 15 is 0 Å². The number of ketones is 1. The van der Waals surface area contributed by atoms with Crippen LogP contribution in [-0.2, 0) is 11.2 Å². The summed E-state index contributed by atoms with van der Waals surface area (Å²) < 4.78 is 5.55. The Hall–Kier alpha value is -1.84. The molecular formula is C17H21NO3. The maximum Gasteiger partial charge on any atom is 0.258 e. The number of rotatable bonds is 5. The van der Waals surface area contributed by atoms with Crippen molar-refractivity contribution < 1.29 is 14.3 Å². The Morgan fingerprint density at radius 3 is 2.95 bits per heavy atom. The van der Waals surface area contributed by atoms with Crippen LogP contribution in [0.25, 0.3) is 0 Å². The molecule has 1 unspecified atom stereocenters. The van der Waals surface area contributed by atoms with E-state index in [2.05, 4.69) is 5.32 Å². The highest BCUT2D eigenvalue weighted by molar-refractivity contribution is 5.98. The van der Waals surface area contributed by atoms with E-state index < -0.39 is 0 Å². The van der Waals surface area contributed by atoms with Gasteiger partial charge in [0.05, 0.1) is 0 Å².